The number of benzene rings is 1. The van der Waals surface area contributed by atoms with Crippen molar-refractivity contribution in [3.8, 4) is 0 Å². The number of hydrogen-bond acceptors (Lipinski definition) is 3. The number of nitrogens with two attached hydrogens (primary N) is 1. The second-order valence-electron chi connectivity index (χ2n) is 3.56. The predicted molar refractivity (Wildman–Crippen MR) is 62.8 cm³/mol. The first-order valence-electron chi connectivity index (χ1n) is 5.14. The highest BCUT2D eigenvalue weighted by Crippen LogP contribution is 2.19. The number of pyridine rings is 1. The van der Waals surface area contributed by atoms with E-state index in [1.807, 2.05) is 18.3 Å². The Morgan fingerprint density at radius 1 is 1.44 bits per heavy atom. The Balaban J connectivity index is 2.63. The summed E-state index contributed by atoms with van der Waals surface area (Å²) in [6, 6.07) is 5.47. The highest BCUT2D eigenvalue weighted by molar-refractivity contribution is 5.98. The van der Waals surface area contributed by atoms with Crippen LogP contribution >= 0.6 is 0 Å². The van der Waals surface area contributed by atoms with Gasteiger partial charge >= 0.3 is 0 Å². The Hall–Kier alpha value is -1.94. The molecule has 1 heterocycles. The summed E-state index contributed by atoms with van der Waals surface area (Å²) in [6.45, 7) is 2.06. The lowest BCUT2D eigenvalue weighted by molar-refractivity contribution is 0.0954. The SMILES string of the molecule is CCc1cncc2ccc(C(=O)NN)cc12. The van der Waals surface area contributed by atoms with Crippen LogP contribution in [0.5, 0.6) is 0 Å². The summed E-state index contributed by atoms with van der Waals surface area (Å²) in [5, 5.41) is 2.09. The molecule has 0 unspecified atom stereocenters. The molecule has 82 valence electrons. The van der Waals surface area contributed by atoms with E-state index >= 15 is 0 Å². The minimum absolute atomic E-state index is 0.277. The van der Waals surface area contributed by atoms with Crippen LogP contribution in [0.3, 0.4) is 0 Å². The molecule has 1 amide bonds. The monoisotopic (exact) mass is 215 g/mol. The van der Waals surface area contributed by atoms with E-state index in [9.17, 15) is 4.79 Å². The topological polar surface area (TPSA) is 68.0 Å². The molecule has 3 N–H and O–H groups in total. The number of nitrogen functional groups attached to an aromatic ring is 1. The van der Waals surface area contributed by atoms with Crippen molar-refractivity contribution in [3.05, 3.63) is 41.7 Å². The highest BCUT2D eigenvalue weighted by atomic mass is 16.2. The van der Waals surface area contributed by atoms with Crippen molar-refractivity contribution < 1.29 is 4.79 Å². The third kappa shape index (κ3) is 1.75. The number of rotatable bonds is 2. The van der Waals surface area contributed by atoms with Gasteiger partial charge < -0.3 is 0 Å². The van der Waals surface area contributed by atoms with Crippen LogP contribution in [0.2, 0.25) is 0 Å². The van der Waals surface area contributed by atoms with Gasteiger partial charge in [0.25, 0.3) is 5.91 Å². The Morgan fingerprint density at radius 3 is 2.94 bits per heavy atom. The average molecular weight is 215 g/mol. The number of carbonyl (C=O) groups excluding carboxylic acids is 1. The van der Waals surface area contributed by atoms with Crippen molar-refractivity contribution >= 4 is 16.7 Å². The Bertz CT molecular complexity index is 537. The van der Waals surface area contributed by atoms with E-state index in [2.05, 4.69) is 17.3 Å². The maximum atomic E-state index is 11.4. The third-order valence-electron chi connectivity index (χ3n) is 2.62. The lowest BCUT2D eigenvalue weighted by atomic mass is 10.0. The van der Waals surface area contributed by atoms with Gasteiger partial charge in [-0.05, 0) is 29.5 Å². The zero-order valence-electron chi connectivity index (χ0n) is 9.03. The van der Waals surface area contributed by atoms with Gasteiger partial charge in [-0.15, -0.1) is 0 Å². The number of amides is 1. The van der Waals surface area contributed by atoms with Crippen LogP contribution in [0.25, 0.3) is 10.8 Å². The first-order valence-corrected chi connectivity index (χ1v) is 5.14. The number of carbonyl (C=O) groups is 1. The van der Waals surface area contributed by atoms with Gasteiger partial charge in [0.1, 0.15) is 0 Å². The van der Waals surface area contributed by atoms with Gasteiger partial charge in [-0.2, -0.15) is 0 Å². The largest absolute Gasteiger partial charge is 0.290 e. The van der Waals surface area contributed by atoms with Crippen molar-refractivity contribution in [3.63, 3.8) is 0 Å². The summed E-state index contributed by atoms with van der Waals surface area (Å²) in [5.74, 6) is 4.83. The van der Waals surface area contributed by atoms with Crippen LogP contribution < -0.4 is 11.3 Å². The van der Waals surface area contributed by atoms with Crippen molar-refractivity contribution in [1.29, 1.82) is 0 Å². The maximum Gasteiger partial charge on any atom is 0.265 e. The average Bonchev–Trinajstić information content (AvgIpc) is 2.36. The molecule has 0 fully saturated rings. The van der Waals surface area contributed by atoms with E-state index in [1.165, 1.54) is 0 Å². The van der Waals surface area contributed by atoms with Gasteiger partial charge in [0.05, 0.1) is 0 Å². The van der Waals surface area contributed by atoms with Crippen LogP contribution in [-0.4, -0.2) is 10.9 Å². The third-order valence-corrected chi connectivity index (χ3v) is 2.62. The lowest BCUT2D eigenvalue weighted by Crippen LogP contribution is -2.29. The minimum atomic E-state index is -0.277. The summed E-state index contributed by atoms with van der Waals surface area (Å²) < 4.78 is 0. The number of hydrogen-bond donors (Lipinski definition) is 2. The summed E-state index contributed by atoms with van der Waals surface area (Å²) in [5.41, 5.74) is 3.82. The van der Waals surface area contributed by atoms with Gasteiger partial charge in [0, 0.05) is 23.3 Å². The molecule has 16 heavy (non-hydrogen) atoms. The van der Waals surface area contributed by atoms with E-state index < -0.39 is 0 Å². The summed E-state index contributed by atoms with van der Waals surface area (Å²) in [6.07, 6.45) is 4.50. The van der Waals surface area contributed by atoms with Gasteiger partial charge in [0.2, 0.25) is 0 Å². The van der Waals surface area contributed by atoms with Gasteiger partial charge in [-0.1, -0.05) is 13.0 Å². The molecule has 4 heteroatoms. The van der Waals surface area contributed by atoms with Crippen molar-refractivity contribution in [1.82, 2.24) is 10.4 Å². The summed E-state index contributed by atoms with van der Waals surface area (Å²) >= 11 is 0. The molecule has 0 spiro atoms. The molecule has 0 saturated carbocycles. The molecule has 1 aromatic carbocycles. The molecule has 0 bridgehead atoms. The van der Waals surface area contributed by atoms with E-state index in [-0.39, 0.29) is 5.91 Å². The van der Waals surface area contributed by atoms with E-state index in [1.54, 1.807) is 12.3 Å². The number of hydrazine groups is 1. The molecule has 0 saturated heterocycles. The van der Waals surface area contributed by atoms with Gasteiger partial charge in [-0.25, -0.2) is 5.84 Å². The fourth-order valence-corrected chi connectivity index (χ4v) is 1.73. The molecule has 0 atom stereocenters. The molecule has 2 aromatic rings. The molecule has 2 rings (SSSR count). The van der Waals surface area contributed by atoms with E-state index in [0.29, 0.717) is 5.56 Å². The Labute approximate surface area is 93.4 Å². The van der Waals surface area contributed by atoms with Gasteiger partial charge in [-0.3, -0.25) is 15.2 Å². The first kappa shape index (κ1) is 10.6. The number of nitrogens with one attached hydrogen (secondary N) is 1. The molecular weight excluding hydrogens is 202 g/mol. The van der Waals surface area contributed by atoms with Crippen LogP contribution in [0.15, 0.2) is 30.6 Å². The number of aryl methyl sites for hydroxylation is 1. The van der Waals surface area contributed by atoms with Crippen LogP contribution in [0.4, 0.5) is 0 Å². The molecule has 0 aliphatic rings. The maximum absolute atomic E-state index is 11.4. The number of aromatic nitrogens is 1. The molecule has 4 nitrogen and oxygen atoms in total. The smallest absolute Gasteiger partial charge is 0.265 e. The first-order chi connectivity index (χ1) is 7.76. The molecule has 0 aliphatic heterocycles. The van der Waals surface area contributed by atoms with Crippen molar-refractivity contribution in [2.45, 2.75) is 13.3 Å². The quantitative estimate of drug-likeness (QED) is 0.452. The molecule has 0 aliphatic carbocycles. The zero-order valence-corrected chi connectivity index (χ0v) is 9.03. The highest BCUT2D eigenvalue weighted by Gasteiger charge is 2.06. The predicted octanol–water partition coefficient (Wildman–Crippen LogP) is 1.40. The number of nitrogens with zero attached hydrogens (tertiary/aromatic N) is 1. The van der Waals surface area contributed by atoms with Crippen LogP contribution in [0, 0.1) is 0 Å². The van der Waals surface area contributed by atoms with Crippen molar-refractivity contribution in [2.24, 2.45) is 5.84 Å². The van der Waals surface area contributed by atoms with Crippen molar-refractivity contribution in [2.75, 3.05) is 0 Å². The molecule has 1 aromatic heterocycles. The lowest BCUT2D eigenvalue weighted by Gasteiger charge is -2.05. The van der Waals surface area contributed by atoms with Gasteiger partial charge in [0.15, 0.2) is 0 Å². The summed E-state index contributed by atoms with van der Waals surface area (Å²) in [7, 11) is 0. The Morgan fingerprint density at radius 2 is 2.25 bits per heavy atom. The minimum Gasteiger partial charge on any atom is -0.290 e. The number of fused-ring (bicyclic) bond motifs is 1. The standard InChI is InChI=1S/C12H13N3O/c1-2-8-6-14-7-10-4-3-9(5-11(8)10)12(16)15-13/h3-7H,2,13H2,1H3,(H,15,16). The van der Waals surface area contributed by atoms with E-state index in [0.717, 1.165) is 22.8 Å². The molecule has 0 radical (unpaired) electrons. The summed E-state index contributed by atoms with van der Waals surface area (Å²) in [4.78, 5) is 15.6. The second-order valence-corrected chi connectivity index (χ2v) is 3.56. The van der Waals surface area contributed by atoms with E-state index in [4.69, 9.17) is 5.84 Å². The Kier molecular flexibility index (Phi) is 2.83. The molecular formula is C12H13N3O. The fraction of sp³-hybridized carbons (Fsp3) is 0.167. The second kappa shape index (κ2) is 4.28. The zero-order chi connectivity index (χ0) is 11.5. The fourth-order valence-electron chi connectivity index (χ4n) is 1.73. The van der Waals surface area contributed by atoms with Crippen LogP contribution in [0.1, 0.15) is 22.8 Å². The normalized spacial score (nSPS) is 10.4. The van der Waals surface area contributed by atoms with Crippen LogP contribution in [-0.2, 0) is 6.42 Å².